The molecule has 288 valence electrons. The van der Waals surface area contributed by atoms with Crippen LogP contribution < -0.4 is 0 Å². The first kappa shape index (κ1) is 36.0. The van der Waals surface area contributed by atoms with E-state index in [1.165, 1.54) is 33.4 Å². The highest BCUT2D eigenvalue weighted by molar-refractivity contribution is 6.16. The molecule has 0 N–H and O–H groups in total. The summed E-state index contributed by atoms with van der Waals surface area (Å²) in [6.07, 6.45) is 22.1. The fraction of sp³-hybridized carbons (Fsp3) is 0.125. The van der Waals surface area contributed by atoms with Crippen molar-refractivity contribution in [2.75, 3.05) is 0 Å². The van der Waals surface area contributed by atoms with Crippen molar-refractivity contribution in [2.24, 2.45) is 0 Å². The maximum atomic E-state index is 6.87. The van der Waals surface area contributed by atoms with Crippen LogP contribution in [0.15, 0.2) is 186 Å². The summed E-state index contributed by atoms with van der Waals surface area (Å²) in [6.45, 7) is 2.29. The van der Waals surface area contributed by atoms with Crippen LogP contribution in [-0.2, 0) is 5.41 Å². The smallest absolute Gasteiger partial charge is 0.164 e. The number of rotatable bonds is 7. The Bertz CT molecular complexity index is 3090. The van der Waals surface area contributed by atoms with Crippen LogP contribution in [-0.4, -0.2) is 15.0 Å². The monoisotopic (exact) mass is 773 g/mol. The minimum absolute atomic E-state index is 0.119. The maximum absolute atomic E-state index is 6.87. The lowest BCUT2D eigenvalue weighted by Gasteiger charge is -2.28. The molecule has 0 aliphatic heterocycles. The van der Waals surface area contributed by atoms with Crippen molar-refractivity contribution in [1.29, 1.82) is 0 Å². The van der Waals surface area contributed by atoms with E-state index in [1.807, 2.05) is 6.07 Å². The topological polar surface area (TPSA) is 51.8 Å². The van der Waals surface area contributed by atoms with Gasteiger partial charge in [0.1, 0.15) is 11.2 Å². The highest BCUT2D eigenvalue weighted by Gasteiger charge is 2.28. The van der Waals surface area contributed by atoms with Gasteiger partial charge in [-0.3, -0.25) is 0 Å². The van der Waals surface area contributed by atoms with E-state index in [9.17, 15) is 0 Å². The van der Waals surface area contributed by atoms with Gasteiger partial charge in [-0.05, 0) is 82.8 Å². The number of allylic oxidation sites excluding steroid dienone is 9. The molecule has 0 saturated heterocycles. The van der Waals surface area contributed by atoms with Crippen LogP contribution in [0.3, 0.4) is 0 Å². The van der Waals surface area contributed by atoms with E-state index in [0.717, 1.165) is 75.4 Å². The van der Waals surface area contributed by atoms with Gasteiger partial charge in [-0.1, -0.05) is 177 Å². The van der Waals surface area contributed by atoms with Gasteiger partial charge in [-0.25, -0.2) is 15.0 Å². The zero-order valence-corrected chi connectivity index (χ0v) is 33.6. The quantitative estimate of drug-likeness (QED) is 0.162. The number of fused-ring (bicyclic) bond motifs is 4. The van der Waals surface area contributed by atoms with Gasteiger partial charge in [0.15, 0.2) is 17.5 Å². The second-order valence-corrected chi connectivity index (χ2v) is 16.4. The van der Waals surface area contributed by atoms with Crippen molar-refractivity contribution >= 4 is 39.2 Å². The SMILES string of the molecule is CC1(c2ccccc2)C=CC(c2nc(-c3ccc(C4=CCCC=C4)cc3)nc(-c3ccc(-c4cccc5c4C=CCC5c4ccccc4)c4oc5ccccc5c34)n2)=CC1. The summed E-state index contributed by atoms with van der Waals surface area (Å²) in [4.78, 5) is 15.8. The molecule has 2 unspecified atom stereocenters. The Morgan fingerprint density at radius 1 is 0.567 bits per heavy atom. The van der Waals surface area contributed by atoms with Crippen LogP contribution >= 0.6 is 0 Å². The summed E-state index contributed by atoms with van der Waals surface area (Å²) in [5.41, 5.74) is 14.2. The van der Waals surface area contributed by atoms with E-state index in [1.54, 1.807) is 0 Å². The van der Waals surface area contributed by atoms with Crippen LogP contribution in [0.1, 0.15) is 72.2 Å². The van der Waals surface area contributed by atoms with E-state index in [4.69, 9.17) is 19.4 Å². The van der Waals surface area contributed by atoms with E-state index in [2.05, 4.69) is 189 Å². The Morgan fingerprint density at radius 2 is 1.32 bits per heavy atom. The number of nitrogens with zero attached hydrogens (tertiary/aromatic N) is 3. The summed E-state index contributed by atoms with van der Waals surface area (Å²) >= 11 is 0. The second-order valence-electron chi connectivity index (χ2n) is 16.4. The average molecular weight is 774 g/mol. The van der Waals surface area contributed by atoms with Crippen molar-refractivity contribution in [3.05, 3.63) is 216 Å². The molecular weight excluding hydrogens is 731 g/mol. The first-order chi connectivity index (χ1) is 29.6. The van der Waals surface area contributed by atoms with E-state index >= 15 is 0 Å². The van der Waals surface area contributed by atoms with Crippen LogP contribution in [0, 0.1) is 0 Å². The van der Waals surface area contributed by atoms with Crippen molar-refractivity contribution in [3.63, 3.8) is 0 Å². The van der Waals surface area contributed by atoms with Crippen LogP contribution in [0.25, 0.3) is 73.1 Å². The van der Waals surface area contributed by atoms with E-state index in [-0.39, 0.29) is 11.3 Å². The zero-order valence-electron chi connectivity index (χ0n) is 33.6. The minimum Gasteiger partial charge on any atom is -0.455 e. The fourth-order valence-corrected chi connectivity index (χ4v) is 9.31. The summed E-state index contributed by atoms with van der Waals surface area (Å²) in [6, 6.07) is 49.6. The minimum atomic E-state index is -0.119. The number of hydrogen-bond donors (Lipinski definition) is 0. The third-order valence-corrected chi connectivity index (χ3v) is 12.6. The molecule has 0 amide bonds. The lowest BCUT2D eigenvalue weighted by atomic mass is 9.76. The molecule has 4 heteroatoms. The average Bonchev–Trinajstić information content (AvgIpc) is 3.72. The molecule has 2 heterocycles. The molecular formula is C56H43N3O. The van der Waals surface area contributed by atoms with Gasteiger partial charge in [0.05, 0.1) is 0 Å². The van der Waals surface area contributed by atoms with E-state index in [0.29, 0.717) is 17.5 Å². The summed E-state index contributed by atoms with van der Waals surface area (Å²) in [5, 5.41) is 2.03. The third-order valence-electron chi connectivity index (χ3n) is 12.6. The molecule has 6 aromatic carbocycles. The first-order valence-electron chi connectivity index (χ1n) is 21.1. The molecule has 11 rings (SSSR count). The molecule has 0 fully saturated rings. The van der Waals surface area contributed by atoms with Gasteiger partial charge in [-0.2, -0.15) is 0 Å². The molecule has 2 aromatic heterocycles. The Balaban J connectivity index is 1.07. The second kappa shape index (κ2) is 14.9. The highest BCUT2D eigenvalue weighted by Crippen LogP contribution is 2.46. The lowest BCUT2D eigenvalue weighted by molar-refractivity contribution is 0.601. The summed E-state index contributed by atoms with van der Waals surface area (Å²) < 4.78 is 6.87. The molecule has 60 heavy (non-hydrogen) atoms. The number of para-hydroxylation sites is 1. The molecule has 2 atom stereocenters. The predicted octanol–water partition coefficient (Wildman–Crippen LogP) is 14.4. The van der Waals surface area contributed by atoms with Gasteiger partial charge in [0.2, 0.25) is 0 Å². The molecule has 0 bridgehead atoms. The van der Waals surface area contributed by atoms with Crippen molar-refractivity contribution in [2.45, 2.75) is 43.9 Å². The Morgan fingerprint density at radius 3 is 2.12 bits per heavy atom. The normalized spacial score (nSPS) is 18.4. The standard InChI is InChI=1S/C56H43N3O/c1-56(42-19-9-4-10-20-42)35-33-41(34-36-56)54-57-53(40-29-27-38(28-30-40)37-15-5-2-6-16-37)58-55(59-54)49-32-31-47(52-51(49)48-21-11-12-26-50(48)60-52)46-25-14-23-44-43(22-13-24-45(44)46)39-17-7-3-8-18-39/h3-5,7-21,23-35,43H,2,6,22,36H2,1H3. The molecule has 0 saturated carbocycles. The Labute approximate surface area is 350 Å². The molecule has 4 nitrogen and oxygen atoms in total. The Hall–Kier alpha value is -7.17. The van der Waals surface area contributed by atoms with E-state index < -0.39 is 0 Å². The van der Waals surface area contributed by atoms with Gasteiger partial charge >= 0.3 is 0 Å². The fourth-order valence-electron chi connectivity index (χ4n) is 9.31. The largest absolute Gasteiger partial charge is 0.455 e. The molecule has 3 aliphatic rings. The van der Waals surface area contributed by atoms with Gasteiger partial charge < -0.3 is 4.42 Å². The predicted molar refractivity (Wildman–Crippen MR) is 247 cm³/mol. The number of aromatic nitrogens is 3. The third kappa shape index (κ3) is 6.36. The van der Waals surface area contributed by atoms with Crippen LogP contribution in [0.4, 0.5) is 0 Å². The number of furan rings is 1. The van der Waals surface area contributed by atoms with Gasteiger partial charge in [-0.15, -0.1) is 0 Å². The van der Waals surface area contributed by atoms with Gasteiger partial charge in [0.25, 0.3) is 0 Å². The summed E-state index contributed by atoms with van der Waals surface area (Å²) in [7, 11) is 0. The van der Waals surface area contributed by atoms with Gasteiger partial charge in [0, 0.05) is 44.4 Å². The van der Waals surface area contributed by atoms with Crippen molar-refractivity contribution in [3.8, 4) is 33.9 Å². The van der Waals surface area contributed by atoms with Crippen molar-refractivity contribution < 1.29 is 4.42 Å². The molecule has 3 aliphatic carbocycles. The first-order valence-corrected chi connectivity index (χ1v) is 21.1. The van der Waals surface area contributed by atoms with Crippen LogP contribution in [0.5, 0.6) is 0 Å². The zero-order chi connectivity index (χ0) is 40.0. The molecule has 0 spiro atoms. The Kier molecular flexibility index (Phi) is 8.92. The number of hydrogen-bond acceptors (Lipinski definition) is 4. The maximum Gasteiger partial charge on any atom is 0.164 e. The molecule has 8 aromatic rings. The highest BCUT2D eigenvalue weighted by atomic mass is 16.3. The van der Waals surface area contributed by atoms with Crippen LogP contribution in [0.2, 0.25) is 0 Å². The lowest BCUT2D eigenvalue weighted by Crippen LogP contribution is -2.20. The molecule has 0 radical (unpaired) electrons. The number of benzene rings is 6. The summed E-state index contributed by atoms with van der Waals surface area (Å²) in [5.74, 6) is 2.20. The van der Waals surface area contributed by atoms with Crippen molar-refractivity contribution in [1.82, 2.24) is 15.0 Å².